The Hall–Kier alpha value is -2.26. The first-order chi connectivity index (χ1) is 10.8. The first-order valence-corrected chi connectivity index (χ1v) is 7.78. The number of hydrogen-bond donors (Lipinski definition) is 2. The zero-order chi connectivity index (χ0) is 15.4. The minimum absolute atomic E-state index is 0.742. The van der Waals surface area contributed by atoms with Crippen molar-refractivity contribution in [3.05, 3.63) is 54.1 Å². The standard InChI is InChI=1S/C19H22N2O/c1-22-18-12-5-3-10-16(18)19-15(9-6-7-13-20)14-8-2-4-11-17(14)21-19/h2-5,8,10-12,21H,6-7,9,13,20H2,1H3. The van der Waals surface area contributed by atoms with E-state index >= 15 is 0 Å². The van der Waals surface area contributed by atoms with E-state index in [-0.39, 0.29) is 0 Å². The molecule has 0 aliphatic heterocycles. The normalized spacial score (nSPS) is 11.0. The maximum Gasteiger partial charge on any atom is 0.128 e. The number of benzene rings is 2. The molecule has 0 saturated carbocycles. The molecule has 1 aromatic heterocycles. The van der Waals surface area contributed by atoms with Crippen LogP contribution in [-0.4, -0.2) is 18.6 Å². The molecule has 3 nitrogen and oxygen atoms in total. The first kappa shape index (κ1) is 14.7. The number of H-pyrrole nitrogens is 1. The van der Waals surface area contributed by atoms with Crippen molar-refractivity contribution in [3.8, 4) is 17.0 Å². The summed E-state index contributed by atoms with van der Waals surface area (Å²) in [4.78, 5) is 3.57. The number of methoxy groups -OCH3 is 1. The minimum atomic E-state index is 0.742. The molecule has 0 aliphatic carbocycles. The molecular formula is C19H22N2O. The Bertz CT molecular complexity index is 761. The van der Waals surface area contributed by atoms with Crippen LogP contribution in [-0.2, 0) is 6.42 Å². The van der Waals surface area contributed by atoms with E-state index in [0.29, 0.717) is 0 Å². The van der Waals surface area contributed by atoms with Crippen LogP contribution in [0.25, 0.3) is 22.2 Å². The average Bonchev–Trinajstić information content (AvgIpc) is 2.94. The van der Waals surface area contributed by atoms with E-state index in [1.165, 1.54) is 16.5 Å². The number of aryl methyl sites for hydroxylation is 1. The summed E-state index contributed by atoms with van der Waals surface area (Å²) < 4.78 is 5.54. The van der Waals surface area contributed by atoms with E-state index in [2.05, 4.69) is 35.3 Å². The van der Waals surface area contributed by atoms with Gasteiger partial charge in [-0.2, -0.15) is 0 Å². The fourth-order valence-corrected chi connectivity index (χ4v) is 2.99. The molecule has 0 aliphatic rings. The first-order valence-electron chi connectivity index (χ1n) is 7.78. The van der Waals surface area contributed by atoms with Gasteiger partial charge >= 0.3 is 0 Å². The van der Waals surface area contributed by atoms with E-state index in [4.69, 9.17) is 10.5 Å². The van der Waals surface area contributed by atoms with Crippen molar-refractivity contribution in [2.24, 2.45) is 5.73 Å². The van der Waals surface area contributed by atoms with Gasteiger partial charge < -0.3 is 15.5 Å². The van der Waals surface area contributed by atoms with Crippen LogP contribution in [0.5, 0.6) is 5.75 Å². The summed E-state index contributed by atoms with van der Waals surface area (Å²) >= 11 is 0. The number of ether oxygens (including phenoxy) is 1. The third-order valence-corrected chi connectivity index (χ3v) is 4.07. The Balaban J connectivity index is 2.13. The summed E-state index contributed by atoms with van der Waals surface area (Å²) in [5.41, 5.74) is 10.5. The summed E-state index contributed by atoms with van der Waals surface area (Å²) in [6.45, 7) is 0.742. The van der Waals surface area contributed by atoms with Crippen molar-refractivity contribution in [3.63, 3.8) is 0 Å². The van der Waals surface area contributed by atoms with Crippen LogP contribution >= 0.6 is 0 Å². The molecule has 3 N–H and O–H groups in total. The molecule has 0 fully saturated rings. The van der Waals surface area contributed by atoms with Gasteiger partial charge in [-0.3, -0.25) is 0 Å². The Labute approximate surface area is 131 Å². The lowest BCUT2D eigenvalue weighted by atomic mass is 10.00. The molecule has 0 amide bonds. The molecule has 3 aromatic rings. The third-order valence-electron chi connectivity index (χ3n) is 4.07. The highest BCUT2D eigenvalue weighted by Gasteiger charge is 2.15. The van der Waals surface area contributed by atoms with E-state index < -0.39 is 0 Å². The van der Waals surface area contributed by atoms with Crippen LogP contribution in [0.1, 0.15) is 18.4 Å². The summed E-state index contributed by atoms with van der Waals surface area (Å²) in [7, 11) is 1.72. The predicted octanol–water partition coefficient (Wildman–Crippen LogP) is 4.12. The van der Waals surface area contributed by atoms with Crippen molar-refractivity contribution < 1.29 is 4.74 Å². The SMILES string of the molecule is COc1ccccc1-c1[nH]c2ccccc2c1CCCCN. The molecule has 22 heavy (non-hydrogen) atoms. The third kappa shape index (κ3) is 2.72. The smallest absolute Gasteiger partial charge is 0.128 e. The number of nitrogens with one attached hydrogen (secondary N) is 1. The highest BCUT2D eigenvalue weighted by atomic mass is 16.5. The molecule has 3 heteroatoms. The molecule has 3 rings (SSSR count). The van der Waals surface area contributed by atoms with E-state index in [1.807, 2.05) is 18.2 Å². The lowest BCUT2D eigenvalue weighted by Gasteiger charge is -2.09. The van der Waals surface area contributed by atoms with Gasteiger partial charge in [0.1, 0.15) is 5.75 Å². The Kier molecular flexibility index (Phi) is 4.45. The number of para-hydroxylation sites is 2. The molecule has 0 saturated heterocycles. The summed E-state index contributed by atoms with van der Waals surface area (Å²) in [5, 5.41) is 1.29. The van der Waals surface area contributed by atoms with Crippen LogP contribution in [0.4, 0.5) is 0 Å². The quantitative estimate of drug-likeness (QED) is 0.672. The van der Waals surface area contributed by atoms with Crippen LogP contribution in [0, 0.1) is 0 Å². The number of fused-ring (bicyclic) bond motifs is 1. The van der Waals surface area contributed by atoms with Gasteiger partial charge in [0.05, 0.1) is 12.8 Å². The van der Waals surface area contributed by atoms with Crippen molar-refractivity contribution >= 4 is 10.9 Å². The molecule has 114 valence electrons. The van der Waals surface area contributed by atoms with Crippen molar-refractivity contribution in [1.29, 1.82) is 0 Å². The van der Waals surface area contributed by atoms with Gasteiger partial charge in [0.25, 0.3) is 0 Å². The van der Waals surface area contributed by atoms with Crippen molar-refractivity contribution in [1.82, 2.24) is 4.98 Å². The Morgan fingerprint density at radius 2 is 1.77 bits per heavy atom. The van der Waals surface area contributed by atoms with Crippen LogP contribution in [0.2, 0.25) is 0 Å². The maximum atomic E-state index is 5.65. The summed E-state index contributed by atoms with van der Waals surface area (Å²) in [5.74, 6) is 0.897. The average molecular weight is 294 g/mol. The summed E-state index contributed by atoms with van der Waals surface area (Å²) in [6, 6.07) is 16.6. The van der Waals surface area contributed by atoms with Gasteiger partial charge in [0.2, 0.25) is 0 Å². The van der Waals surface area contributed by atoms with Gasteiger partial charge in [-0.05, 0) is 49.6 Å². The second kappa shape index (κ2) is 6.67. The highest BCUT2D eigenvalue weighted by molar-refractivity contribution is 5.91. The zero-order valence-electron chi connectivity index (χ0n) is 12.9. The molecule has 0 atom stereocenters. The number of unbranched alkanes of at least 4 members (excludes halogenated alkanes) is 1. The lowest BCUT2D eigenvalue weighted by Crippen LogP contribution is -1.99. The number of aromatic nitrogens is 1. The molecular weight excluding hydrogens is 272 g/mol. The Morgan fingerprint density at radius 3 is 2.59 bits per heavy atom. The maximum absolute atomic E-state index is 5.65. The van der Waals surface area contributed by atoms with Crippen LogP contribution in [0.15, 0.2) is 48.5 Å². The van der Waals surface area contributed by atoms with Crippen molar-refractivity contribution in [2.75, 3.05) is 13.7 Å². The van der Waals surface area contributed by atoms with E-state index in [9.17, 15) is 0 Å². The second-order valence-electron chi connectivity index (χ2n) is 5.47. The molecule has 0 unspecified atom stereocenters. The summed E-state index contributed by atoms with van der Waals surface area (Å²) in [6.07, 6.45) is 3.17. The fourth-order valence-electron chi connectivity index (χ4n) is 2.99. The monoisotopic (exact) mass is 294 g/mol. The molecule has 2 aromatic carbocycles. The van der Waals surface area contributed by atoms with Gasteiger partial charge in [-0.1, -0.05) is 30.3 Å². The molecule has 0 spiro atoms. The van der Waals surface area contributed by atoms with Crippen LogP contribution in [0.3, 0.4) is 0 Å². The van der Waals surface area contributed by atoms with Gasteiger partial charge in [-0.25, -0.2) is 0 Å². The number of rotatable bonds is 6. The minimum Gasteiger partial charge on any atom is -0.496 e. The van der Waals surface area contributed by atoms with Crippen LogP contribution < -0.4 is 10.5 Å². The topological polar surface area (TPSA) is 51.0 Å². The number of nitrogens with two attached hydrogens (primary N) is 1. The lowest BCUT2D eigenvalue weighted by molar-refractivity contribution is 0.416. The molecule has 1 heterocycles. The highest BCUT2D eigenvalue weighted by Crippen LogP contribution is 2.36. The van der Waals surface area contributed by atoms with E-state index in [0.717, 1.165) is 42.8 Å². The Morgan fingerprint density at radius 1 is 1.00 bits per heavy atom. The second-order valence-corrected chi connectivity index (χ2v) is 5.47. The van der Waals surface area contributed by atoms with Gasteiger partial charge in [0.15, 0.2) is 0 Å². The zero-order valence-corrected chi connectivity index (χ0v) is 12.9. The largest absolute Gasteiger partial charge is 0.496 e. The van der Waals surface area contributed by atoms with Gasteiger partial charge in [0, 0.05) is 16.5 Å². The van der Waals surface area contributed by atoms with E-state index in [1.54, 1.807) is 7.11 Å². The molecule has 0 bridgehead atoms. The predicted molar refractivity (Wildman–Crippen MR) is 92.3 cm³/mol. The number of aromatic amines is 1. The van der Waals surface area contributed by atoms with Crippen molar-refractivity contribution in [2.45, 2.75) is 19.3 Å². The fraction of sp³-hybridized carbons (Fsp3) is 0.263. The van der Waals surface area contributed by atoms with Gasteiger partial charge in [-0.15, -0.1) is 0 Å². The number of hydrogen-bond acceptors (Lipinski definition) is 2. The molecule has 0 radical (unpaired) electrons.